The van der Waals surface area contributed by atoms with E-state index in [0.29, 0.717) is 17.0 Å². The Morgan fingerprint density at radius 1 is 1.15 bits per heavy atom. The van der Waals surface area contributed by atoms with E-state index in [0.717, 1.165) is 17.3 Å². The zero-order chi connectivity index (χ0) is 24.0. The van der Waals surface area contributed by atoms with E-state index >= 15 is 0 Å². The first-order valence-electron chi connectivity index (χ1n) is 10.0. The van der Waals surface area contributed by atoms with E-state index in [1.807, 2.05) is 25.1 Å². The van der Waals surface area contributed by atoms with Crippen LogP contribution in [0.25, 0.3) is 0 Å². The third-order valence-electron chi connectivity index (χ3n) is 5.23. The molecule has 9 heteroatoms. The number of nitrogens with zero attached hydrogens (tertiary/aromatic N) is 1. The number of carbonyl (C=O) groups excluding carboxylic acids is 3. The van der Waals surface area contributed by atoms with Gasteiger partial charge in [-0.1, -0.05) is 42.1 Å². The number of methoxy groups -OCH3 is 2. The zero-order valence-corrected chi connectivity index (χ0v) is 19.2. The van der Waals surface area contributed by atoms with Crippen LogP contribution in [-0.4, -0.2) is 37.8 Å². The molecule has 0 saturated carbocycles. The van der Waals surface area contributed by atoms with Gasteiger partial charge < -0.3 is 20.1 Å². The molecule has 2 aromatic rings. The van der Waals surface area contributed by atoms with Crippen LogP contribution in [0.15, 0.2) is 59.1 Å². The second-order valence-electron chi connectivity index (χ2n) is 7.25. The van der Waals surface area contributed by atoms with Gasteiger partial charge in [-0.05, 0) is 36.2 Å². The molecular weight excluding hydrogens is 442 g/mol. The SMILES string of the molecule is COC(=O)[C@@H]1C(=O)NC(SCC(=O)Nc2ccccc2C)=C(C#N)[C@H]1c1ccc(OC)cc1. The molecule has 0 aliphatic carbocycles. The highest BCUT2D eigenvalue weighted by Crippen LogP contribution is 2.40. The second-order valence-corrected chi connectivity index (χ2v) is 8.23. The Bertz CT molecular complexity index is 1140. The number of hydrogen-bond donors (Lipinski definition) is 2. The summed E-state index contributed by atoms with van der Waals surface area (Å²) >= 11 is 1.03. The highest BCUT2D eigenvalue weighted by molar-refractivity contribution is 8.03. The zero-order valence-electron chi connectivity index (χ0n) is 18.4. The summed E-state index contributed by atoms with van der Waals surface area (Å²) in [6.45, 7) is 1.88. The molecule has 0 aromatic heterocycles. The lowest BCUT2D eigenvalue weighted by atomic mass is 9.78. The van der Waals surface area contributed by atoms with Gasteiger partial charge in [0.1, 0.15) is 11.7 Å². The van der Waals surface area contributed by atoms with Gasteiger partial charge in [0.15, 0.2) is 0 Å². The molecule has 2 atom stereocenters. The Labute approximate surface area is 195 Å². The fraction of sp³-hybridized carbons (Fsp3) is 0.250. The lowest BCUT2D eigenvalue weighted by molar-refractivity contribution is -0.150. The third-order valence-corrected chi connectivity index (χ3v) is 6.24. The monoisotopic (exact) mass is 465 g/mol. The summed E-state index contributed by atoms with van der Waals surface area (Å²) in [5.41, 5.74) is 2.37. The summed E-state index contributed by atoms with van der Waals surface area (Å²) in [5.74, 6) is -3.16. The molecule has 3 rings (SSSR count). The van der Waals surface area contributed by atoms with E-state index < -0.39 is 23.7 Å². The van der Waals surface area contributed by atoms with Gasteiger partial charge in [0, 0.05) is 11.6 Å². The summed E-state index contributed by atoms with van der Waals surface area (Å²) in [4.78, 5) is 37.8. The van der Waals surface area contributed by atoms with E-state index in [2.05, 4.69) is 16.7 Å². The van der Waals surface area contributed by atoms with E-state index in [9.17, 15) is 19.6 Å². The number of rotatable bonds is 7. The summed E-state index contributed by atoms with van der Waals surface area (Å²) in [6.07, 6.45) is 0. The minimum Gasteiger partial charge on any atom is -0.497 e. The van der Waals surface area contributed by atoms with Crippen molar-refractivity contribution < 1.29 is 23.9 Å². The molecule has 1 aliphatic rings. The molecule has 1 heterocycles. The predicted molar refractivity (Wildman–Crippen MR) is 124 cm³/mol. The number of thioether (sulfide) groups is 1. The maximum Gasteiger partial charge on any atom is 0.319 e. The van der Waals surface area contributed by atoms with Gasteiger partial charge in [0.05, 0.1) is 36.6 Å². The van der Waals surface area contributed by atoms with Crippen LogP contribution in [0.1, 0.15) is 17.0 Å². The molecule has 1 aliphatic heterocycles. The fourth-order valence-electron chi connectivity index (χ4n) is 3.53. The van der Waals surface area contributed by atoms with Crippen molar-refractivity contribution in [2.45, 2.75) is 12.8 Å². The number of benzene rings is 2. The quantitative estimate of drug-likeness (QED) is 0.476. The molecule has 0 fully saturated rings. The number of para-hydroxylation sites is 1. The van der Waals surface area contributed by atoms with Gasteiger partial charge in [-0.25, -0.2) is 0 Å². The normalized spacial score (nSPS) is 17.6. The number of nitriles is 1. The highest BCUT2D eigenvalue weighted by Gasteiger charge is 2.44. The molecule has 170 valence electrons. The molecule has 33 heavy (non-hydrogen) atoms. The van der Waals surface area contributed by atoms with Crippen molar-refractivity contribution in [2.24, 2.45) is 5.92 Å². The Kier molecular flexibility index (Phi) is 7.74. The topological polar surface area (TPSA) is 118 Å². The highest BCUT2D eigenvalue weighted by atomic mass is 32.2. The number of hydrogen-bond acceptors (Lipinski definition) is 7. The van der Waals surface area contributed by atoms with Gasteiger partial charge in [-0.3, -0.25) is 14.4 Å². The average Bonchev–Trinajstić information content (AvgIpc) is 2.83. The van der Waals surface area contributed by atoms with Gasteiger partial charge >= 0.3 is 5.97 Å². The van der Waals surface area contributed by atoms with E-state index in [1.54, 1.807) is 30.3 Å². The van der Waals surface area contributed by atoms with Gasteiger partial charge in [0.2, 0.25) is 11.8 Å². The van der Waals surface area contributed by atoms with E-state index in [4.69, 9.17) is 9.47 Å². The Morgan fingerprint density at radius 2 is 1.85 bits per heavy atom. The van der Waals surface area contributed by atoms with Crippen molar-refractivity contribution in [1.82, 2.24) is 5.32 Å². The second kappa shape index (κ2) is 10.7. The summed E-state index contributed by atoms with van der Waals surface area (Å²) in [7, 11) is 2.72. The number of ether oxygens (including phenoxy) is 2. The van der Waals surface area contributed by atoms with E-state index in [-0.39, 0.29) is 22.3 Å². The molecule has 8 nitrogen and oxygen atoms in total. The Morgan fingerprint density at radius 3 is 2.45 bits per heavy atom. The molecular formula is C24H23N3O5S. The van der Waals surface area contributed by atoms with Crippen molar-refractivity contribution >= 4 is 35.2 Å². The lowest BCUT2D eigenvalue weighted by Gasteiger charge is -2.31. The van der Waals surface area contributed by atoms with Crippen LogP contribution in [-0.2, 0) is 19.1 Å². The van der Waals surface area contributed by atoms with Crippen molar-refractivity contribution in [3.05, 3.63) is 70.3 Å². The van der Waals surface area contributed by atoms with Crippen LogP contribution in [0, 0.1) is 24.2 Å². The number of allylic oxidation sites excluding steroid dienone is 1. The first-order chi connectivity index (χ1) is 15.9. The smallest absolute Gasteiger partial charge is 0.319 e. The summed E-state index contributed by atoms with van der Waals surface area (Å²) < 4.78 is 10.0. The molecule has 0 bridgehead atoms. The van der Waals surface area contributed by atoms with Gasteiger partial charge in [-0.15, -0.1) is 0 Å². The van der Waals surface area contributed by atoms with Crippen LogP contribution in [0.5, 0.6) is 5.75 Å². The number of carbonyl (C=O) groups is 3. The largest absolute Gasteiger partial charge is 0.497 e. The van der Waals surface area contributed by atoms with Crippen molar-refractivity contribution in [2.75, 3.05) is 25.3 Å². The minimum absolute atomic E-state index is 0.0344. The fourth-order valence-corrected chi connectivity index (χ4v) is 4.38. The number of nitrogens with one attached hydrogen (secondary N) is 2. The van der Waals surface area contributed by atoms with Crippen LogP contribution < -0.4 is 15.4 Å². The van der Waals surface area contributed by atoms with Crippen molar-refractivity contribution in [1.29, 1.82) is 5.26 Å². The molecule has 2 N–H and O–H groups in total. The Hall–Kier alpha value is -3.77. The third kappa shape index (κ3) is 5.35. The van der Waals surface area contributed by atoms with Crippen LogP contribution in [0.2, 0.25) is 0 Å². The average molecular weight is 466 g/mol. The van der Waals surface area contributed by atoms with Gasteiger partial charge in [-0.2, -0.15) is 5.26 Å². The van der Waals surface area contributed by atoms with E-state index in [1.165, 1.54) is 14.2 Å². The molecule has 2 amide bonds. The summed E-state index contributed by atoms with van der Waals surface area (Å²) in [6, 6.07) is 16.3. The van der Waals surface area contributed by atoms with Crippen LogP contribution >= 0.6 is 11.8 Å². The molecule has 0 spiro atoms. The van der Waals surface area contributed by atoms with Gasteiger partial charge in [0.25, 0.3) is 0 Å². The summed E-state index contributed by atoms with van der Waals surface area (Å²) in [5, 5.41) is 15.6. The first kappa shape index (κ1) is 23.9. The van der Waals surface area contributed by atoms with Crippen molar-refractivity contribution in [3.8, 4) is 11.8 Å². The van der Waals surface area contributed by atoms with Crippen LogP contribution in [0.4, 0.5) is 5.69 Å². The first-order valence-corrected chi connectivity index (χ1v) is 11.0. The lowest BCUT2D eigenvalue weighted by Crippen LogP contribution is -2.44. The maximum atomic E-state index is 12.9. The van der Waals surface area contributed by atoms with Crippen LogP contribution in [0.3, 0.4) is 0 Å². The molecule has 2 aromatic carbocycles. The number of aryl methyl sites for hydroxylation is 1. The molecule has 0 unspecified atom stereocenters. The predicted octanol–water partition coefficient (Wildman–Crippen LogP) is 3.11. The number of esters is 1. The molecule has 0 saturated heterocycles. The number of amides is 2. The maximum absolute atomic E-state index is 12.9. The minimum atomic E-state index is -1.23. The number of anilines is 1. The van der Waals surface area contributed by atoms with Crippen molar-refractivity contribution in [3.63, 3.8) is 0 Å². The standard InChI is InChI=1S/C24H23N3O5S/c1-14-6-4-5-7-18(14)26-19(28)13-33-23-17(12-25)20(15-8-10-16(31-2)11-9-15)21(22(29)27-23)24(30)32-3/h4-11,20-21H,13H2,1-3H3,(H,26,28)(H,27,29)/t20-,21+/m1/s1. The Balaban J connectivity index is 1.90. The molecule has 0 radical (unpaired) electrons.